The van der Waals surface area contributed by atoms with Gasteiger partial charge >= 0.3 is 0 Å². The maximum absolute atomic E-state index is 12.3. The minimum Gasteiger partial charge on any atom is -0.492 e. The van der Waals surface area contributed by atoms with E-state index < -0.39 is 0 Å². The molecule has 2 saturated heterocycles. The van der Waals surface area contributed by atoms with Crippen LogP contribution < -0.4 is 4.74 Å². The van der Waals surface area contributed by atoms with E-state index in [2.05, 4.69) is 4.90 Å². The first-order valence-electron chi connectivity index (χ1n) is 8.73. The van der Waals surface area contributed by atoms with Crippen LogP contribution in [0.1, 0.15) is 32.1 Å². The van der Waals surface area contributed by atoms with Gasteiger partial charge in [-0.2, -0.15) is 0 Å². The molecule has 0 N–H and O–H groups in total. The highest BCUT2D eigenvalue weighted by molar-refractivity contribution is 6.35. The van der Waals surface area contributed by atoms with Crippen LogP contribution in [0, 0.1) is 0 Å². The molecule has 0 saturated carbocycles. The predicted octanol–water partition coefficient (Wildman–Crippen LogP) is 3.85. The third-order valence-electron chi connectivity index (χ3n) is 4.86. The minimum atomic E-state index is 0.238. The Morgan fingerprint density at radius 1 is 1.21 bits per heavy atom. The van der Waals surface area contributed by atoms with Crippen molar-refractivity contribution in [3.63, 3.8) is 0 Å². The van der Waals surface area contributed by atoms with Crippen LogP contribution in [-0.4, -0.2) is 54.5 Å². The SMILES string of the molecule is O=C(CCCOc1ccc(Cl)cc1Cl)N1CCC(N2CCCC2)C1. The van der Waals surface area contributed by atoms with E-state index in [0.717, 1.165) is 19.5 Å². The Morgan fingerprint density at radius 3 is 2.75 bits per heavy atom. The molecule has 132 valence electrons. The molecule has 0 spiro atoms. The summed E-state index contributed by atoms with van der Waals surface area (Å²) in [6.07, 6.45) is 4.94. The number of amides is 1. The summed E-state index contributed by atoms with van der Waals surface area (Å²) in [4.78, 5) is 16.9. The molecule has 24 heavy (non-hydrogen) atoms. The summed E-state index contributed by atoms with van der Waals surface area (Å²) in [7, 11) is 0. The van der Waals surface area contributed by atoms with E-state index in [4.69, 9.17) is 27.9 Å². The Balaban J connectivity index is 1.37. The summed E-state index contributed by atoms with van der Waals surface area (Å²) in [5.74, 6) is 0.853. The number of hydrogen-bond donors (Lipinski definition) is 0. The molecule has 1 unspecified atom stereocenters. The van der Waals surface area contributed by atoms with Crippen LogP contribution in [0.15, 0.2) is 18.2 Å². The van der Waals surface area contributed by atoms with E-state index in [9.17, 15) is 4.79 Å². The second-order valence-electron chi connectivity index (χ2n) is 6.55. The first kappa shape index (κ1) is 17.8. The number of rotatable bonds is 6. The Hall–Kier alpha value is -0.970. The maximum Gasteiger partial charge on any atom is 0.222 e. The summed E-state index contributed by atoms with van der Waals surface area (Å²) in [5, 5.41) is 1.09. The predicted molar refractivity (Wildman–Crippen MR) is 97.0 cm³/mol. The number of benzene rings is 1. The molecule has 2 aliphatic rings. The molecule has 1 aromatic rings. The molecule has 3 rings (SSSR count). The fraction of sp³-hybridized carbons (Fsp3) is 0.611. The van der Waals surface area contributed by atoms with Gasteiger partial charge in [0, 0.05) is 30.6 Å². The Kier molecular flexibility index (Phi) is 6.25. The van der Waals surface area contributed by atoms with Gasteiger partial charge in [-0.25, -0.2) is 0 Å². The van der Waals surface area contributed by atoms with Crippen LogP contribution in [-0.2, 0) is 4.79 Å². The normalized spacial score (nSPS) is 21.4. The monoisotopic (exact) mass is 370 g/mol. The maximum atomic E-state index is 12.3. The summed E-state index contributed by atoms with van der Waals surface area (Å²) >= 11 is 11.9. The van der Waals surface area contributed by atoms with Crippen LogP contribution in [0.2, 0.25) is 10.0 Å². The van der Waals surface area contributed by atoms with E-state index in [1.807, 2.05) is 4.90 Å². The van der Waals surface area contributed by atoms with E-state index in [0.29, 0.717) is 41.3 Å². The summed E-state index contributed by atoms with van der Waals surface area (Å²) in [6, 6.07) is 5.73. The van der Waals surface area contributed by atoms with Gasteiger partial charge in [0.1, 0.15) is 5.75 Å². The molecule has 0 radical (unpaired) electrons. The zero-order valence-corrected chi connectivity index (χ0v) is 15.4. The topological polar surface area (TPSA) is 32.8 Å². The molecule has 1 amide bonds. The fourth-order valence-corrected chi connectivity index (χ4v) is 3.99. The van der Waals surface area contributed by atoms with Crippen molar-refractivity contribution in [3.05, 3.63) is 28.2 Å². The van der Waals surface area contributed by atoms with Crippen molar-refractivity contribution in [1.82, 2.24) is 9.80 Å². The van der Waals surface area contributed by atoms with Gasteiger partial charge in [-0.1, -0.05) is 23.2 Å². The summed E-state index contributed by atoms with van der Waals surface area (Å²) < 4.78 is 5.64. The van der Waals surface area contributed by atoms with Gasteiger partial charge in [0.2, 0.25) is 5.91 Å². The molecule has 0 aromatic heterocycles. The third-order valence-corrected chi connectivity index (χ3v) is 5.39. The van der Waals surface area contributed by atoms with Gasteiger partial charge in [0.05, 0.1) is 11.6 Å². The van der Waals surface area contributed by atoms with Crippen LogP contribution in [0.5, 0.6) is 5.75 Å². The van der Waals surface area contributed by atoms with Crippen LogP contribution in [0.25, 0.3) is 0 Å². The van der Waals surface area contributed by atoms with Crippen molar-refractivity contribution in [2.45, 2.75) is 38.1 Å². The third kappa shape index (κ3) is 4.56. The van der Waals surface area contributed by atoms with Crippen molar-refractivity contribution in [1.29, 1.82) is 0 Å². The number of halogens is 2. The molecule has 0 bridgehead atoms. The highest BCUT2D eigenvalue weighted by Crippen LogP contribution is 2.27. The van der Waals surface area contributed by atoms with Crippen LogP contribution >= 0.6 is 23.2 Å². The zero-order valence-electron chi connectivity index (χ0n) is 13.8. The van der Waals surface area contributed by atoms with E-state index in [-0.39, 0.29) is 5.91 Å². The molecule has 0 aliphatic carbocycles. The van der Waals surface area contributed by atoms with E-state index in [1.165, 1.54) is 25.9 Å². The molecule has 1 atom stereocenters. The largest absolute Gasteiger partial charge is 0.492 e. The second-order valence-corrected chi connectivity index (χ2v) is 7.40. The molecule has 2 fully saturated rings. The fourth-order valence-electron chi connectivity index (χ4n) is 3.53. The minimum absolute atomic E-state index is 0.238. The summed E-state index contributed by atoms with van der Waals surface area (Å²) in [5.41, 5.74) is 0. The number of hydrogen-bond acceptors (Lipinski definition) is 3. The average molecular weight is 371 g/mol. The van der Waals surface area contributed by atoms with Crippen molar-refractivity contribution in [2.75, 3.05) is 32.8 Å². The highest BCUT2D eigenvalue weighted by Gasteiger charge is 2.31. The molecule has 1 aromatic carbocycles. The van der Waals surface area contributed by atoms with E-state index in [1.54, 1.807) is 18.2 Å². The Bertz CT molecular complexity index is 576. The number of carbonyl (C=O) groups is 1. The number of likely N-dealkylation sites (tertiary alicyclic amines) is 2. The first-order valence-corrected chi connectivity index (χ1v) is 9.49. The highest BCUT2D eigenvalue weighted by atomic mass is 35.5. The number of carbonyl (C=O) groups excluding carboxylic acids is 1. The average Bonchev–Trinajstić information content (AvgIpc) is 3.23. The molecule has 2 aliphatic heterocycles. The van der Waals surface area contributed by atoms with Crippen LogP contribution in [0.3, 0.4) is 0 Å². The van der Waals surface area contributed by atoms with E-state index >= 15 is 0 Å². The van der Waals surface area contributed by atoms with Gasteiger partial charge < -0.3 is 9.64 Å². The Morgan fingerprint density at radius 2 is 2.00 bits per heavy atom. The molecule has 6 heteroatoms. The molecule has 4 nitrogen and oxygen atoms in total. The van der Waals surface area contributed by atoms with Crippen molar-refractivity contribution in [2.24, 2.45) is 0 Å². The molecular formula is C18H24Cl2N2O2. The van der Waals surface area contributed by atoms with Crippen LogP contribution in [0.4, 0.5) is 0 Å². The molecular weight excluding hydrogens is 347 g/mol. The lowest BCUT2D eigenvalue weighted by atomic mass is 10.2. The van der Waals surface area contributed by atoms with Gasteiger partial charge in [0.15, 0.2) is 0 Å². The number of nitrogens with zero attached hydrogens (tertiary/aromatic N) is 2. The van der Waals surface area contributed by atoms with Gasteiger partial charge in [-0.3, -0.25) is 9.69 Å². The van der Waals surface area contributed by atoms with Gasteiger partial charge in [-0.15, -0.1) is 0 Å². The van der Waals surface area contributed by atoms with Gasteiger partial charge in [-0.05, 0) is 57.0 Å². The van der Waals surface area contributed by atoms with Crippen molar-refractivity contribution in [3.8, 4) is 5.75 Å². The van der Waals surface area contributed by atoms with Crippen molar-refractivity contribution >= 4 is 29.1 Å². The lowest BCUT2D eigenvalue weighted by Crippen LogP contribution is -2.37. The quantitative estimate of drug-likeness (QED) is 0.712. The lowest BCUT2D eigenvalue weighted by Gasteiger charge is -2.23. The summed E-state index contributed by atoms with van der Waals surface area (Å²) in [6.45, 7) is 4.66. The molecule has 2 heterocycles. The smallest absolute Gasteiger partial charge is 0.222 e. The first-order chi connectivity index (χ1) is 11.6. The van der Waals surface area contributed by atoms with Crippen molar-refractivity contribution < 1.29 is 9.53 Å². The second kappa shape index (κ2) is 8.41. The zero-order chi connectivity index (χ0) is 16.9. The lowest BCUT2D eigenvalue weighted by molar-refractivity contribution is -0.130. The Labute approximate surface area is 153 Å². The number of ether oxygens (including phenoxy) is 1. The standard InChI is InChI=1S/C18H24Cl2N2O2/c19-14-5-6-17(16(20)12-14)24-11-3-4-18(23)22-10-7-15(13-22)21-8-1-2-9-21/h5-6,12,15H,1-4,7-11,13H2. The van der Waals surface area contributed by atoms with Gasteiger partial charge in [0.25, 0.3) is 0 Å².